The molecule has 6 heteroatoms. The van der Waals surface area contributed by atoms with E-state index in [-0.39, 0.29) is 5.78 Å². The van der Waals surface area contributed by atoms with Crippen LogP contribution >= 0.6 is 0 Å². The number of fused-ring (bicyclic) bond motifs is 1. The van der Waals surface area contributed by atoms with Crippen LogP contribution in [0.3, 0.4) is 0 Å². The van der Waals surface area contributed by atoms with Gasteiger partial charge in [-0.1, -0.05) is 42.5 Å². The van der Waals surface area contributed by atoms with Crippen molar-refractivity contribution in [3.63, 3.8) is 0 Å². The molecule has 0 aliphatic rings. The standard InChI is InChI=1S/C23H23NO3.C2H4O2/c1-3-13-24(14-4-2)15-16-26-22-12-8-6-10-19(22)23(25)20-17-27-21-11-7-5-9-18(20)21;1-2(3)4/h3-12,17H,1-2,13-16H2;1H3,(H,3,4). The van der Waals surface area contributed by atoms with E-state index >= 15 is 0 Å². The van der Waals surface area contributed by atoms with E-state index < -0.39 is 5.97 Å². The van der Waals surface area contributed by atoms with Crippen LogP contribution in [0.25, 0.3) is 11.0 Å². The van der Waals surface area contributed by atoms with E-state index in [4.69, 9.17) is 19.1 Å². The Morgan fingerprint density at radius 1 is 1.03 bits per heavy atom. The van der Waals surface area contributed by atoms with Gasteiger partial charge < -0.3 is 14.3 Å². The molecule has 1 heterocycles. The van der Waals surface area contributed by atoms with Crippen LogP contribution in [-0.4, -0.2) is 48.0 Å². The molecule has 0 aliphatic carbocycles. The fourth-order valence-electron chi connectivity index (χ4n) is 2.99. The van der Waals surface area contributed by atoms with Gasteiger partial charge in [0.1, 0.15) is 24.2 Å². The minimum absolute atomic E-state index is 0.107. The number of ketones is 1. The number of aliphatic carboxylic acids is 1. The number of rotatable bonds is 10. The SMILES string of the molecule is C=CCN(CC=C)CCOc1ccccc1C(=O)c1coc2ccccc12.CC(=O)O. The van der Waals surface area contributed by atoms with Crippen molar-refractivity contribution < 1.29 is 23.8 Å². The zero-order valence-corrected chi connectivity index (χ0v) is 17.6. The van der Waals surface area contributed by atoms with Gasteiger partial charge in [-0.3, -0.25) is 14.5 Å². The Hall–Kier alpha value is -3.64. The average Bonchev–Trinajstić information content (AvgIpc) is 3.18. The topological polar surface area (TPSA) is 80.0 Å². The molecule has 2 aromatic carbocycles. The van der Waals surface area contributed by atoms with Gasteiger partial charge in [0.2, 0.25) is 5.78 Å². The van der Waals surface area contributed by atoms with Crippen LogP contribution in [0.15, 0.2) is 84.5 Å². The second kappa shape index (κ2) is 12.1. The maximum Gasteiger partial charge on any atom is 0.300 e. The van der Waals surface area contributed by atoms with Crippen molar-refractivity contribution in [2.75, 3.05) is 26.2 Å². The second-order valence-electron chi connectivity index (χ2n) is 6.68. The molecular formula is C25H27NO5. The maximum absolute atomic E-state index is 13.1. The Balaban J connectivity index is 0.000000785. The molecule has 0 atom stereocenters. The van der Waals surface area contributed by atoms with E-state index in [1.807, 2.05) is 54.6 Å². The normalized spacial score (nSPS) is 10.3. The summed E-state index contributed by atoms with van der Waals surface area (Å²) in [5.41, 5.74) is 1.77. The van der Waals surface area contributed by atoms with Crippen molar-refractivity contribution in [2.45, 2.75) is 6.92 Å². The Morgan fingerprint density at radius 2 is 1.65 bits per heavy atom. The Labute approximate surface area is 182 Å². The summed E-state index contributed by atoms with van der Waals surface area (Å²) in [5.74, 6) is -0.366. The molecule has 0 aliphatic heterocycles. The van der Waals surface area contributed by atoms with Crippen LogP contribution in [0.4, 0.5) is 0 Å². The molecular weight excluding hydrogens is 394 g/mol. The lowest BCUT2D eigenvalue weighted by Crippen LogP contribution is -2.29. The molecule has 0 spiro atoms. The summed E-state index contributed by atoms with van der Waals surface area (Å²) in [6.45, 7) is 11.3. The number of benzene rings is 2. The van der Waals surface area contributed by atoms with Crippen LogP contribution in [0, 0.1) is 0 Å². The molecule has 0 saturated heterocycles. The van der Waals surface area contributed by atoms with E-state index in [2.05, 4.69) is 18.1 Å². The third kappa shape index (κ3) is 6.97. The molecule has 0 radical (unpaired) electrons. The first kappa shape index (κ1) is 23.6. The maximum atomic E-state index is 13.1. The summed E-state index contributed by atoms with van der Waals surface area (Å²) in [6, 6.07) is 14.8. The van der Waals surface area contributed by atoms with Crippen molar-refractivity contribution in [1.29, 1.82) is 0 Å². The first-order chi connectivity index (χ1) is 15.0. The number of carbonyl (C=O) groups excluding carboxylic acids is 1. The Bertz CT molecular complexity index is 1020. The highest BCUT2D eigenvalue weighted by Gasteiger charge is 2.19. The molecule has 31 heavy (non-hydrogen) atoms. The molecule has 1 N–H and O–H groups in total. The molecule has 0 fully saturated rings. The van der Waals surface area contributed by atoms with Crippen LogP contribution < -0.4 is 4.74 Å². The Kier molecular flexibility index (Phi) is 9.26. The molecule has 1 aromatic heterocycles. The van der Waals surface area contributed by atoms with Gasteiger partial charge in [-0.05, 0) is 18.2 Å². The summed E-state index contributed by atoms with van der Waals surface area (Å²) < 4.78 is 11.4. The fraction of sp³-hybridized carbons (Fsp3) is 0.200. The van der Waals surface area contributed by atoms with Crippen molar-refractivity contribution in [3.05, 3.63) is 91.2 Å². The molecule has 162 valence electrons. The number of furan rings is 1. The molecule has 0 saturated carbocycles. The number of carbonyl (C=O) groups is 2. The molecule has 3 rings (SSSR count). The molecule has 3 aromatic rings. The van der Waals surface area contributed by atoms with Gasteiger partial charge in [0.25, 0.3) is 5.97 Å². The predicted molar refractivity (Wildman–Crippen MR) is 122 cm³/mol. The monoisotopic (exact) mass is 421 g/mol. The van der Waals surface area contributed by atoms with E-state index in [0.29, 0.717) is 29.1 Å². The number of nitrogens with zero attached hydrogens (tertiary/aromatic N) is 1. The van der Waals surface area contributed by atoms with Gasteiger partial charge in [-0.25, -0.2) is 0 Å². The van der Waals surface area contributed by atoms with Crippen LogP contribution in [-0.2, 0) is 4.79 Å². The number of para-hydroxylation sites is 2. The van der Waals surface area contributed by atoms with E-state index in [1.54, 1.807) is 6.07 Å². The zero-order valence-electron chi connectivity index (χ0n) is 17.6. The van der Waals surface area contributed by atoms with Gasteiger partial charge in [-0.15, -0.1) is 13.2 Å². The highest BCUT2D eigenvalue weighted by molar-refractivity contribution is 6.17. The molecule has 0 bridgehead atoms. The van der Waals surface area contributed by atoms with Crippen LogP contribution in [0.5, 0.6) is 5.75 Å². The first-order valence-corrected chi connectivity index (χ1v) is 9.84. The van der Waals surface area contributed by atoms with Gasteiger partial charge in [-0.2, -0.15) is 0 Å². The number of ether oxygens (including phenoxy) is 1. The quantitative estimate of drug-likeness (QED) is 0.374. The lowest BCUT2D eigenvalue weighted by molar-refractivity contribution is -0.134. The number of hydrogen-bond acceptors (Lipinski definition) is 5. The van der Waals surface area contributed by atoms with E-state index in [1.165, 1.54) is 6.26 Å². The Morgan fingerprint density at radius 3 is 2.32 bits per heavy atom. The lowest BCUT2D eigenvalue weighted by atomic mass is 10.0. The smallest absolute Gasteiger partial charge is 0.300 e. The average molecular weight is 421 g/mol. The number of carboxylic acids is 1. The summed E-state index contributed by atoms with van der Waals surface area (Å²) >= 11 is 0. The third-order valence-corrected chi connectivity index (χ3v) is 4.30. The van der Waals surface area contributed by atoms with Crippen molar-refractivity contribution >= 4 is 22.7 Å². The summed E-state index contributed by atoms with van der Waals surface area (Å²) in [6.07, 6.45) is 5.22. The summed E-state index contributed by atoms with van der Waals surface area (Å²) in [7, 11) is 0. The minimum Gasteiger partial charge on any atom is -0.491 e. The fourth-order valence-corrected chi connectivity index (χ4v) is 2.99. The van der Waals surface area contributed by atoms with E-state index in [9.17, 15) is 4.79 Å². The van der Waals surface area contributed by atoms with Gasteiger partial charge >= 0.3 is 0 Å². The summed E-state index contributed by atoms with van der Waals surface area (Å²) in [5, 5.41) is 8.22. The van der Waals surface area contributed by atoms with Crippen LogP contribution in [0.2, 0.25) is 0 Å². The van der Waals surface area contributed by atoms with Crippen molar-refractivity contribution in [1.82, 2.24) is 4.90 Å². The second-order valence-corrected chi connectivity index (χ2v) is 6.68. The third-order valence-electron chi connectivity index (χ3n) is 4.30. The number of carboxylic acid groups (broad SMARTS) is 1. The zero-order chi connectivity index (χ0) is 22.6. The first-order valence-electron chi connectivity index (χ1n) is 9.84. The van der Waals surface area contributed by atoms with Gasteiger partial charge in [0.05, 0.1) is 11.1 Å². The van der Waals surface area contributed by atoms with Gasteiger partial charge in [0.15, 0.2) is 0 Å². The van der Waals surface area contributed by atoms with Crippen molar-refractivity contribution in [2.24, 2.45) is 0 Å². The lowest BCUT2D eigenvalue weighted by Gasteiger charge is -2.19. The minimum atomic E-state index is -0.833. The molecule has 6 nitrogen and oxygen atoms in total. The largest absolute Gasteiger partial charge is 0.491 e. The predicted octanol–water partition coefficient (Wildman–Crippen LogP) is 4.81. The summed E-state index contributed by atoms with van der Waals surface area (Å²) in [4.78, 5) is 24.2. The van der Waals surface area contributed by atoms with E-state index in [0.717, 1.165) is 31.9 Å². The highest BCUT2D eigenvalue weighted by Crippen LogP contribution is 2.27. The number of hydrogen-bond donors (Lipinski definition) is 1. The highest BCUT2D eigenvalue weighted by atomic mass is 16.5. The van der Waals surface area contributed by atoms with Gasteiger partial charge in [0, 0.05) is 31.9 Å². The van der Waals surface area contributed by atoms with Crippen molar-refractivity contribution in [3.8, 4) is 5.75 Å². The molecule has 0 unspecified atom stereocenters. The van der Waals surface area contributed by atoms with Crippen LogP contribution in [0.1, 0.15) is 22.8 Å². The molecule has 0 amide bonds.